The van der Waals surface area contributed by atoms with E-state index in [-0.39, 0.29) is 6.10 Å². The third-order valence-electron chi connectivity index (χ3n) is 5.11. The Hall–Kier alpha value is -1.85. The molecule has 6 heteroatoms. The summed E-state index contributed by atoms with van der Waals surface area (Å²) < 4.78 is 7.66. The predicted molar refractivity (Wildman–Crippen MR) is 95.1 cm³/mol. The van der Waals surface area contributed by atoms with Crippen molar-refractivity contribution in [1.29, 1.82) is 0 Å². The first-order valence-electron chi connectivity index (χ1n) is 9.17. The minimum atomic E-state index is 0.0784. The maximum atomic E-state index is 6.07. The van der Waals surface area contributed by atoms with Gasteiger partial charge in [0.2, 0.25) is 0 Å². The number of rotatable bonds is 6. The summed E-state index contributed by atoms with van der Waals surface area (Å²) in [6.45, 7) is 6.54. The van der Waals surface area contributed by atoms with E-state index in [1.165, 1.54) is 32.1 Å². The van der Waals surface area contributed by atoms with Crippen LogP contribution in [0, 0.1) is 5.41 Å². The Morgan fingerprint density at radius 1 is 1.33 bits per heavy atom. The number of nitrogens with two attached hydrogens (primary N) is 1. The highest BCUT2D eigenvalue weighted by Gasteiger charge is 2.28. The normalized spacial score (nSPS) is 18.6. The van der Waals surface area contributed by atoms with Gasteiger partial charge < -0.3 is 10.5 Å². The van der Waals surface area contributed by atoms with Crippen LogP contribution in [-0.4, -0.2) is 25.7 Å². The standard InChI is InChI=1S/C18H29N5O/c1-4-8-13(2)24-17-21-15(19)16-20-12-14(23(16)22-17)11-18(3)9-6-5-7-10-18/h12-13H,4-11H2,1-3H3,(H2,19,21,22). The molecule has 0 aromatic carbocycles. The first-order chi connectivity index (χ1) is 11.5. The number of hydrogen-bond acceptors (Lipinski definition) is 5. The van der Waals surface area contributed by atoms with Crippen LogP contribution in [0.25, 0.3) is 5.65 Å². The molecule has 0 amide bonds. The highest BCUT2D eigenvalue weighted by Crippen LogP contribution is 2.38. The fraction of sp³-hybridized carbons (Fsp3) is 0.722. The van der Waals surface area contributed by atoms with Crippen LogP contribution in [0.5, 0.6) is 6.01 Å². The molecule has 3 rings (SSSR count). The quantitative estimate of drug-likeness (QED) is 0.871. The SMILES string of the molecule is CCCC(C)Oc1nc(N)c2ncc(CC3(C)CCCCC3)n2n1. The Bertz CT molecular complexity index is 690. The molecule has 2 aromatic rings. The molecule has 1 fully saturated rings. The van der Waals surface area contributed by atoms with Crippen LogP contribution in [0.2, 0.25) is 0 Å². The van der Waals surface area contributed by atoms with Crippen molar-refractivity contribution < 1.29 is 4.74 Å². The van der Waals surface area contributed by atoms with Crippen LogP contribution in [0.4, 0.5) is 5.82 Å². The van der Waals surface area contributed by atoms with Crippen molar-refractivity contribution >= 4 is 11.5 Å². The average Bonchev–Trinajstić information content (AvgIpc) is 2.91. The third-order valence-corrected chi connectivity index (χ3v) is 5.11. The molecule has 1 aliphatic carbocycles. The fourth-order valence-corrected chi connectivity index (χ4v) is 3.76. The van der Waals surface area contributed by atoms with Gasteiger partial charge in [0.1, 0.15) is 0 Å². The number of imidazole rings is 1. The van der Waals surface area contributed by atoms with Gasteiger partial charge >= 0.3 is 6.01 Å². The van der Waals surface area contributed by atoms with Gasteiger partial charge in [-0.15, -0.1) is 5.10 Å². The van der Waals surface area contributed by atoms with Gasteiger partial charge in [-0.1, -0.05) is 39.5 Å². The molecule has 24 heavy (non-hydrogen) atoms. The summed E-state index contributed by atoms with van der Waals surface area (Å²) in [6, 6.07) is 0.342. The summed E-state index contributed by atoms with van der Waals surface area (Å²) in [5.41, 5.74) is 8.11. The number of nitrogens with zero attached hydrogens (tertiary/aromatic N) is 4. The van der Waals surface area contributed by atoms with Crippen molar-refractivity contribution in [3.63, 3.8) is 0 Å². The van der Waals surface area contributed by atoms with Gasteiger partial charge in [-0.2, -0.15) is 4.98 Å². The van der Waals surface area contributed by atoms with Crippen LogP contribution < -0.4 is 10.5 Å². The molecule has 0 spiro atoms. The molecule has 2 aromatic heterocycles. The van der Waals surface area contributed by atoms with E-state index in [0.717, 1.165) is 25.0 Å². The molecular weight excluding hydrogens is 302 g/mol. The minimum Gasteiger partial charge on any atom is -0.459 e. The number of fused-ring (bicyclic) bond motifs is 1. The molecule has 6 nitrogen and oxygen atoms in total. The third kappa shape index (κ3) is 3.62. The van der Waals surface area contributed by atoms with Gasteiger partial charge in [0.15, 0.2) is 11.5 Å². The van der Waals surface area contributed by atoms with Crippen molar-refractivity contribution in [3.05, 3.63) is 11.9 Å². The molecule has 0 bridgehead atoms. The first kappa shape index (κ1) is 17.0. The smallest absolute Gasteiger partial charge is 0.336 e. The second-order valence-corrected chi connectivity index (χ2v) is 7.53. The molecule has 0 radical (unpaired) electrons. The number of nitrogen functional groups attached to an aromatic ring is 1. The van der Waals surface area contributed by atoms with E-state index >= 15 is 0 Å². The van der Waals surface area contributed by atoms with Gasteiger partial charge in [0.25, 0.3) is 0 Å². The molecule has 1 saturated carbocycles. The lowest BCUT2D eigenvalue weighted by Crippen LogP contribution is -2.24. The monoisotopic (exact) mass is 331 g/mol. The molecule has 2 heterocycles. The van der Waals surface area contributed by atoms with E-state index in [9.17, 15) is 0 Å². The van der Waals surface area contributed by atoms with Gasteiger partial charge in [-0.25, -0.2) is 9.50 Å². The molecule has 132 valence electrons. The summed E-state index contributed by atoms with van der Waals surface area (Å²) in [6.07, 6.45) is 11.5. The maximum Gasteiger partial charge on any atom is 0.336 e. The van der Waals surface area contributed by atoms with E-state index in [1.54, 1.807) is 0 Å². The summed E-state index contributed by atoms with van der Waals surface area (Å²) in [4.78, 5) is 8.69. The zero-order valence-electron chi connectivity index (χ0n) is 15.1. The zero-order valence-corrected chi connectivity index (χ0v) is 15.1. The highest BCUT2D eigenvalue weighted by molar-refractivity contribution is 5.59. The van der Waals surface area contributed by atoms with E-state index in [0.29, 0.717) is 22.9 Å². The number of ether oxygens (including phenoxy) is 1. The lowest BCUT2D eigenvalue weighted by atomic mass is 9.73. The second-order valence-electron chi connectivity index (χ2n) is 7.53. The van der Waals surface area contributed by atoms with Crippen LogP contribution in [0.15, 0.2) is 6.20 Å². The van der Waals surface area contributed by atoms with Gasteiger partial charge in [0, 0.05) is 0 Å². The molecule has 0 aliphatic heterocycles. The average molecular weight is 331 g/mol. The summed E-state index contributed by atoms with van der Waals surface area (Å²) in [5.74, 6) is 0.378. The topological polar surface area (TPSA) is 78.3 Å². The van der Waals surface area contributed by atoms with Crippen LogP contribution in [0.1, 0.15) is 71.4 Å². The highest BCUT2D eigenvalue weighted by atomic mass is 16.5. The second kappa shape index (κ2) is 6.95. The van der Waals surface area contributed by atoms with E-state index < -0.39 is 0 Å². The Labute approximate surface area is 143 Å². The summed E-state index contributed by atoms with van der Waals surface area (Å²) in [5, 5.41) is 4.56. The summed E-state index contributed by atoms with van der Waals surface area (Å²) >= 11 is 0. The van der Waals surface area contributed by atoms with E-state index in [4.69, 9.17) is 10.5 Å². The van der Waals surface area contributed by atoms with Crippen molar-refractivity contribution in [3.8, 4) is 6.01 Å². The van der Waals surface area contributed by atoms with Crippen molar-refractivity contribution in [1.82, 2.24) is 19.6 Å². The Balaban J connectivity index is 1.87. The number of hydrogen-bond donors (Lipinski definition) is 1. The predicted octanol–water partition coefficient (Wildman–Crippen LogP) is 3.79. The summed E-state index contributed by atoms with van der Waals surface area (Å²) in [7, 11) is 0. The molecule has 0 saturated heterocycles. The maximum absolute atomic E-state index is 6.07. The van der Waals surface area contributed by atoms with E-state index in [1.807, 2.05) is 17.6 Å². The lowest BCUT2D eigenvalue weighted by molar-refractivity contribution is 0.188. The number of anilines is 1. The molecule has 1 atom stereocenters. The molecule has 1 aliphatic rings. The van der Waals surface area contributed by atoms with Crippen molar-refractivity contribution in [2.75, 3.05) is 5.73 Å². The van der Waals surface area contributed by atoms with Crippen molar-refractivity contribution in [2.45, 2.75) is 78.2 Å². The van der Waals surface area contributed by atoms with Crippen LogP contribution >= 0.6 is 0 Å². The molecular formula is C18H29N5O. The van der Waals surface area contributed by atoms with Crippen molar-refractivity contribution in [2.24, 2.45) is 5.41 Å². The molecule has 1 unspecified atom stereocenters. The Morgan fingerprint density at radius 2 is 2.08 bits per heavy atom. The first-order valence-corrected chi connectivity index (χ1v) is 9.17. The minimum absolute atomic E-state index is 0.0784. The van der Waals surface area contributed by atoms with Gasteiger partial charge in [0.05, 0.1) is 18.0 Å². The van der Waals surface area contributed by atoms with Gasteiger partial charge in [-0.3, -0.25) is 0 Å². The zero-order chi connectivity index (χ0) is 17.2. The lowest BCUT2D eigenvalue weighted by Gasteiger charge is -2.33. The number of aromatic nitrogens is 4. The fourth-order valence-electron chi connectivity index (χ4n) is 3.76. The van der Waals surface area contributed by atoms with Crippen LogP contribution in [-0.2, 0) is 6.42 Å². The van der Waals surface area contributed by atoms with E-state index in [2.05, 4.69) is 28.9 Å². The Morgan fingerprint density at radius 3 is 2.79 bits per heavy atom. The van der Waals surface area contributed by atoms with Crippen LogP contribution in [0.3, 0.4) is 0 Å². The largest absolute Gasteiger partial charge is 0.459 e. The Kier molecular flexibility index (Phi) is 4.92. The molecule has 2 N–H and O–H groups in total. The van der Waals surface area contributed by atoms with Gasteiger partial charge in [-0.05, 0) is 38.0 Å².